The van der Waals surface area contributed by atoms with E-state index >= 15 is 0 Å². The summed E-state index contributed by atoms with van der Waals surface area (Å²) in [6.45, 7) is 3.70. The van der Waals surface area contributed by atoms with E-state index in [0.717, 1.165) is 6.42 Å². The molecule has 0 heterocycles. The Kier molecular flexibility index (Phi) is 5.66. The second kappa shape index (κ2) is 5.97. The number of carbonyl (C=O) groups excluding carboxylic acids is 1. The van der Waals surface area contributed by atoms with Crippen molar-refractivity contribution in [3.63, 3.8) is 0 Å². The average molecular weight is 174 g/mol. The Labute approximate surface area is 73.3 Å². The highest BCUT2D eigenvalue weighted by Crippen LogP contribution is 1.90. The predicted octanol–water partition coefficient (Wildman–Crippen LogP) is -0.519. The number of nitrogens with one attached hydrogen (secondary N) is 2. The van der Waals surface area contributed by atoms with Gasteiger partial charge in [-0.05, 0) is 20.4 Å². The van der Waals surface area contributed by atoms with Crippen molar-refractivity contribution in [2.45, 2.75) is 32.4 Å². The highest BCUT2D eigenvalue weighted by Gasteiger charge is 2.13. The van der Waals surface area contributed by atoms with Crippen molar-refractivity contribution in [2.75, 3.05) is 13.7 Å². The second-order valence-corrected chi connectivity index (χ2v) is 2.81. The summed E-state index contributed by atoms with van der Waals surface area (Å²) in [5.74, 6) is -0.0709. The molecule has 0 spiro atoms. The minimum absolute atomic E-state index is 0.00132. The molecule has 4 heteroatoms. The highest BCUT2D eigenvalue weighted by molar-refractivity contribution is 5.81. The van der Waals surface area contributed by atoms with Crippen molar-refractivity contribution >= 4 is 5.91 Å². The molecule has 0 saturated heterocycles. The van der Waals surface area contributed by atoms with Gasteiger partial charge in [-0.1, -0.05) is 6.92 Å². The minimum atomic E-state index is -0.203. The van der Waals surface area contributed by atoms with Gasteiger partial charge in [0, 0.05) is 0 Å². The number of carbonyl (C=O) groups is 1. The number of aliphatic hydroxyl groups is 1. The summed E-state index contributed by atoms with van der Waals surface area (Å²) in [7, 11) is 1.73. The number of hydrogen-bond donors (Lipinski definition) is 3. The smallest absolute Gasteiger partial charge is 0.237 e. The van der Waals surface area contributed by atoms with Crippen LogP contribution >= 0.6 is 0 Å². The van der Waals surface area contributed by atoms with Crippen LogP contribution in [0.5, 0.6) is 0 Å². The van der Waals surface area contributed by atoms with Gasteiger partial charge in [-0.2, -0.15) is 0 Å². The monoisotopic (exact) mass is 174 g/mol. The molecule has 0 aromatic carbocycles. The van der Waals surface area contributed by atoms with E-state index in [1.807, 2.05) is 6.92 Å². The molecule has 12 heavy (non-hydrogen) atoms. The van der Waals surface area contributed by atoms with Crippen molar-refractivity contribution in [2.24, 2.45) is 0 Å². The molecule has 0 rings (SSSR count). The first-order chi connectivity index (χ1) is 5.65. The van der Waals surface area contributed by atoms with Gasteiger partial charge in [0.1, 0.15) is 0 Å². The summed E-state index contributed by atoms with van der Waals surface area (Å²) in [6.07, 6.45) is 0.749. The first-order valence-corrected chi connectivity index (χ1v) is 4.24. The van der Waals surface area contributed by atoms with Gasteiger partial charge >= 0.3 is 0 Å². The van der Waals surface area contributed by atoms with Gasteiger partial charge in [0.15, 0.2) is 0 Å². The summed E-state index contributed by atoms with van der Waals surface area (Å²) in [4.78, 5) is 11.2. The number of rotatable bonds is 5. The van der Waals surface area contributed by atoms with Crippen LogP contribution in [0.4, 0.5) is 0 Å². The van der Waals surface area contributed by atoms with Crippen LogP contribution < -0.4 is 10.6 Å². The third kappa shape index (κ3) is 3.69. The molecule has 0 aromatic heterocycles. The Morgan fingerprint density at radius 2 is 2.17 bits per heavy atom. The number of likely N-dealkylation sites (N-methyl/N-ethyl adjacent to an activating group) is 1. The fourth-order valence-corrected chi connectivity index (χ4v) is 0.734. The first-order valence-electron chi connectivity index (χ1n) is 4.24. The van der Waals surface area contributed by atoms with E-state index in [-0.39, 0.29) is 24.6 Å². The summed E-state index contributed by atoms with van der Waals surface area (Å²) in [5.41, 5.74) is 0. The first kappa shape index (κ1) is 11.4. The molecular formula is C8H18N2O2. The second-order valence-electron chi connectivity index (χ2n) is 2.81. The van der Waals surface area contributed by atoms with Gasteiger partial charge < -0.3 is 15.7 Å². The molecule has 1 amide bonds. The lowest BCUT2D eigenvalue weighted by atomic mass is 10.2. The third-order valence-electron chi connectivity index (χ3n) is 1.89. The van der Waals surface area contributed by atoms with Gasteiger partial charge in [0.2, 0.25) is 5.91 Å². The average Bonchev–Trinajstić information content (AvgIpc) is 2.12. The van der Waals surface area contributed by atoms with Crippen LogP contribution in [-0.2, 0) is 4.79 Å². The Morgan fingerprint density at radius 1 is 1.58 bits per heavy atom. The van der Waals surface area contributed by atoms with Crippen molar-refractivity contribution in [1.82, 2.24) is 10.6 Å². The zero-order valence-corrected chi connectivity index (χ0v) is 7.92. The van der Waals surface area contributed by atoms with Gasteiger partial charge in [0.25, 0.3) is 0 Å². The van der Waals surface area contributed by atoms with E-state index in [0.29, 0.717) is 0 Å². The lowest BCUT2D eigenvalue weighted by Crippen LogP contribution is -2.46. The maximum absolute atomic E-state index is 11.2. The molecule has 0 aliphatic carbocycles. The number of aliphatic hydroxyl groups excluding tert-OH is 1. The van der Waals surface area contributed by atoms with Crippen LogP contribution in [-0.4, -0.2) is 36.8 Å². The Morgan fingerprint density at radius 3 is 2.50 bits per heavy atom. The summed E-state index contributed by atoms with van der Waals surface area (Å²) in [5, 5.41) is 14.3. The quantitative estimate of drug-likeness (QED) is 0.525. The minimum Gasteiger partial charge on any atom is -0.394 e. The molecule has 4 nitrogen and oxygen atoms in total. The maximum atomic E-state index is 11.2. The maximum Gasteiger partial charge on any atom is 0.237 e. The summed E-state index contributed by atoms with van der Waals surface area (Å²) < 4.78 is 0. The fourth-order valence-electron chi connectivity index (χ4n) is 0.734. The fraction of sp³-hybridized carbons (Fsp3) is 0.875. The van der Waals surface area contributed by atoms with Crippen LogP contribution in [0, 0.1) is 0 Å². The standard InChI is InChI=1S/C8H18N2O2/c1-4-7(5-11)10-8(12)6(2)9-3/h6-7,9,11H,4-5H2,1-3H3,(H,10,12)/t6?,7-/m0/s1. The van der Waals surface area contributed by atoms with Gasteiger partial charge in [0.05, 0.1) is 18.7 Å². The third-order valence-corrected chi connectivity index (χ3v) is 1.89. The lowest BCUT2D eigenvalue weighted by molar-refractivity contribution is -0.123. The zero-order chi connectivity index (χ0) is 9.56. The molecule has 0 saturated carbocycles. The number of amides is 1. The molecule has 0 aromatic rings. The normalized spacial score (nSPS) is 15.3. The highest BCUT2D eigenvalue weighted by atomic mass is 16.3. The van der Waals surface area contributed by atoms with Crippen molar-refractivity contribution in [3.8, 4) is 0 Å². The lowest BCUT2D eigenvalue weighted by Gasteiger charge is -2.17. The molecule has 0 aliphatic rings. The molecular weight excluding hydrogens is 156 g/mol. The van der Waals surface area contributed by atoms with Crippen LogP contribution in [0.3, 0.4) is 0 Å². The van der Waals surface area contributed by atoms with Crippen molar-refractivity contribution < 1.29 is 9.90 Å². The zero-order valence-electron chi connectivity index (χ0n) is 7.92. The predicted molar refractivity (Wildman–Crippen MR) is 47.8 cm³/mol. The Bertz CT molecular complexity index is 135. The SMILES string of the molecule is CC[C@@H](CO)NC(=O)C(C)NC. The molecule has 0 radical (unpaired) electrons. The molecule has 1 unspecified atom stereocenters. The van der Waals surface area contributed by atoms with Crippen LogP contribution in [0.2, 0.25) is 0 Å². The molecule has 0 bridgehead atoms. The van der Waals surface area contributed by atoms with E-state index in [1.54, 1.807) is 14.0 Å². The summed E-state index contributed by atoms with van der Waals surface area (Å²) in [6, 6.07) is -0.320. The Balaban J connectivity index is 3.81. The van der Waals surface area contributed by atoms with E-state index in [2.05, 4.69) is 10.6 Å². The van der Waals surface area contributed by atoms with Gasteiger partial charge in [-0.25, -0.2) is 0 Å². The molecule has 0 aliphatic heterocycles. The molecule has 3 N–H and O–H groups in total. The van der Waals surface area contributed by atoms with E-state index in [4.69, 9.17) is 5.11 Å². The summed E-state index contributed by atoms with van der Waals surface area (Å²) >= 11 is 0. The van der Waals surface area contributed by atoms with Gasteiger partial charge in [-0.15, -0.1) is 0 Å². The number of hydrogen-bond acceptors (Lipinski definition) is 3. The molecule has 0 fully saturated rings. The molecule has 2 atom stereocenters. The van der Waals surface area contributed by atoms with Gasteiger partial charge in [-0.3, -0.25) is 4.79 Å². The Hall–Kier alpha value is -0.610. The van der Waals surface area contributed by atoms with Crippen LogP contribution in [0.1, 0.15) is 20.3 Å². The van der Waals surface area contributed by atoms with Crippen molar-refractivity contribution in [1.29, 1.82) is 0 Å². The van der Waals surface area contributed by atoms with E-state index in [1.165, 1.54) is 0 Å². The van der Waals surface area contributed by atoms with Crippen molar-refractivity contribution in [3.05, 3.63) is 0 Å². The van der Waals surface area contributed by atoms with Crippen LogP contribution in [0.25, 0.3) is 0 Å². The largest absolute Gasteiger partial charge is 0.394 e. The molecule has 72 valence electrons. The van der Waals surface area contributed by atoms with E-state index < -0.39 is 0 Å². The van der Waals surface area contributed by atoms with E-state index in [9.17, 15) is 4.79 Å². The van der Waals surface area contributed by atoms with Crippen LogP contribution in [0.15, 0.2) is 0 Å². The topological polar surface area (TPSA) is 61.4 Å².